The smallest absolute Gasteiger partial charge is 0.286 e. The number of fused-ring (bicyclic) bond motifs is 6. The molecule has 2 aliphatic carbocycles. The summed E-state index contributed by atoms with van der Waals surface area (Å²) in [7, 11) is -7.93. The van der Waals surface area contributed by atoms with Crippen LogP contribution in [0.4, 0.5) is 11.4 Å². The topological polar surface area (TPSA) is 145 Å². The number of aryl methyl sites for hydroxylation is 1. The molecule has 2 heterocycles. The Morgan fingerprint density at radius 3 is 2.63 bits per heavy atom. The lowest BCUT2D eigenvalue weighted by Crippen LogP contribution is -2.53. The number of aliphatic hydroxyl groups excluding tert-OH is 1. The summed E-state index contributed by atoms with van der Waals surface area (Å²) >= 11 is 0. The van der Waals surface area contributed by atoms with Crippen LogP contribution in [-0.2, 0) is 31.4 Å². The molecule has 12 heteroatoms. The highest BCUT2D eigenvalue weighted by Gasteiger charge is 2.57. The third-order valence-electron chi connectivity index (χ3n) is 8.15. The van der Waals surface area contributed by atoms with E-state index in [2.05, 4.69) is 14.4 Å². The van der Waals surface area contributed by atoms with Crippen molar-refractivity contribution in [3.8, 4) is 0 Å². The predicted octanol–water partition coefficient (Wildman–Crippen LogP) is 3.15. The molecule has 6 rings (SSSR count). The van der Waals surface area contributed by atoms with Crippen molar-refractivity contribution in [2.75, 3.05) is 16.3 Å². The lowest BCUT2D eigenvalue weighted by atomic mass is 9.77. The Kier molecular flexibility index (Phi) is 5.62. The van der Waals surface area contributed by atoms with Gasteiger partial charge >= 0.3 is 0 Å². The normalized spacial score (nSPS) is 27.5. The lowest BCUT2D eigenvalue weighted by Gasteiger charge is -2.44. The van der Waals surface area contributed by atoms with Crippen LogP contribution in [0.15, 0.2) is 63.1 Å². The molecule has 0 radical (unpaired) electrons. The zero-order chi connectivity index (χ0) is 27.0. The molecule has 2 saturated carbocycles. The van der Waals surface area contributed by atoms with Crippen LogP contribution in [0.1, 0.15) is 30.4 Å². The maximum Gasteiger partial charge on any atom is 0.286 e. The number of benzene rings is 2. The second-order valence-corrected chi connectivity index (χ2v) is 13.9. The van der Waals surface area contributed by atoms with Crippen molar-refractivity contribution in [1.82, 2.24) is 4.90 Å². The van der Waals surface area contributed by atoms with Crippen LogP contribution < -0.4 is 10.0 Å². The number of aliphatic hydroxyl groups is 1. The molecule has 1 amide bonds. The number of amides is 1. The van der Waals surface area contributed by atoms with Gasteiger partial charge in [-0.25, -0.2) is 8.42 Å². The van der Waals surface area contributed by atoms with E-state index < -0.39 is 26.0 Å². The number of sulfonamides is 2. The second kappa shape index (κ2) is 8.57. The molecule has 200 valence electrons. The number of nitrogens with one attached hydrogen (secondary N) is 2. The summed E-state index contributed by atoms with van der Waals surface area (Å²) in [6, 6.07) is 11.7. The minimum absolute atomic E-state index is 0.0697. The summed E-state index contributed by atoms with van der Waals surface area (Å²) in [5, 5.41) is 14.4. The zero-order valence-electron chi connectivity index (χ0n) is 20.9. The van der Waals surface area contributed by atoms with Crippen LogP contribution in [0.2, 0.25) is 0 Å². The van der Waals surface area contributed by atoms with Crippen LogP contribution in [0.3, 0.4) is 0 Å². The molecule has 2 bridgehead atoms. The van der Waals surface area contributed by atoms with Crippen molar-refractivity contribution < 1.29 is 26.7 Å². The highest BCUT2D eigenvalue weighted by Crippen LogP contribution is 2.55. The van der Waals surface area contributed by atoms with Crippen LogP contribution in [0.5, 0.6) is 0 Å². The molecule has 2 fully saturated rings. The zero-order valence-corrected chi connectivity index (χ0v) is 22.5. The first-order valence-electron chi connectivity index (χ1n) is 12.5. The van der Waals surface area contributed by atoms with E-state index in [0.29, 0.717) is 6.54 Å². The Balaban J connectivity index is 1.42. The maximum atomic E-state index is 14.0. The first-order valence-corrected chi connectivity index (χ1v) is 15.8. The number of hydrogen-bond acceptors (Lipinski definition) is 7. The third kappa shape index (κ3) is 4.06. The molecule has 4 aliphatic rings. The number of hydrogen-bond donors (Lipinski definition) is 3. The molecular formula is C26H28N4O6S2. The molecule has 2 aromatic carbocycles. The van der Waals surface area contributed by atoms with Gasteiger partial charge < -0.3 is 15.3 Å². The van der Waals surface area contributed by atoms with Gasteiger partial charge in [0.05, 0.1) is 11.9 Å². The Morgan fingerprint density at radius 2 is 1.89 bits per heavy atom. The number of anilines is 2. The Labute approximate surface area is 221 Å². The fourth-order valence-electron chi connectivity index (χ4n) is 6.57. The van der Waals surface area contributed by atoms with Gasteiger partial charge in [-0.15, -0.1) is 4.40 Å². The molecule has 0 saturated heterocycles. The van der Waals surface area contributed by atoms with Crippen molar-refractivity contribution in [2.24, 2.45) is 22.2 Å². The molecule has 38 heavy (non-hydrogen) atoms. The minimum Gasteiger partial charge on any atom is -0.511 e. The number of amidine groups is 1. The first kappa shape index (κ1) is 24.9. The molecule has 0 unspecified atom stereocenters. The Hall–Kier alpha value is -3.38. The Bertz CT molecular complexity index is 1650. The fourth-order valence-corrected chi connectivity index (χ4v) is 8.27. The quantitative estimate of drug-likeness (QED) is 0.513. The Morgan fingerprint density at radius 1 is 1.16 bits per heavy atom. The predicted molar refractivity (Wildman–Crippen MR) is 143 cm³/mol. The molecule has 0 aromatic heterocycles. The van der Waals surface area contributed by atoms with Gasteiger partial charge in [0.25, 0.3) is 15.9 Å². The molecule has 0 spiro atoms. The molecule has 3 N–H and O–H groups in total. The summed E-state index contributed by atoms with van der Waals surface area (Å²) in [4.78, 5) is 15.6. The molecule has 2 aromatic rings. The van der Waals surface area contributed by atoms with E-state index in [1.54, 1.807) is 4.90 Å². The van der Waals surface area contributed by atoms with Gasteiger partial charge in [-0.2, -0.15) is 8.42 Å². The number of nitrogens with zero attached hydrogens (tertiary/aromatic N) is 2. The summed E-state index contributed by atoms with van der Waals surface area (Å²) < 4.78 is 55.8. The van der Waals surface area contributed by atoms with Crippen molar-refractivity contribution in [2.45, 2.75) is 43.7 Å². The van der Waals surface area contributed by atoms with Crippen LogP contribution in [-0.4, -0.2) is 50.9 Å². The van der Waals surface area contributed by atoms with Gasteiger partial charge in [0.1, 0.15) is 16.2 Å². The van der Waals surface area contributed by atoms with Crippen molar-refractivity contribution >= 4 is 43.2 Å². The van der Waals surface area contributed by atoms with E-state index in [1.807, 2.05) is 31.2 Å². The van der Waals surface area contributed by atoms with E-state index in [4.69, 9.17) is 0 Å². The standard InChI is InChI=1S/C26H28N4O6S2/c1-14-5-3-4-6-17(14)13-30-23-16-8-7-15(11-16)21(23)24(31)22(26(30)32)25-27-19-10-9-18(28-37(2,33)34)12-20(19)38(35,36)29-25/h3-6,9-10,12,15-16,21,23,28,31H,7-8,11,13H2,1-2H3,(H,27,29)/t15-,16-,21-,23+/m1/s1. The average Bonchev–Trinajstić information content (AvgIpc) is 3.44. The van der Waals surface area contributed by atoms with Gasteiger partial charge in [-0.1, -0.05) is 24.3 Å². The first-order chi connectivity index (χ1) is 17.9. The molecule has 2 aliphatic heterocycles. The highest BCUT2D eigenvalue weighted by atomic mass is 32.2. The average molecular weight is 557 g/mol. The lowest BCUT2D eigenvalue weighted by molar-refractivity contribution is -0.134. The number of rotatable bonds is 5. The van der Waals surface area contributed by atoms with Gasteiger partial charge in [0, 0.05) is 24.2 Å². The van der Waals surface area contributed by atoms with E-state index in [9.17, 15) is 26.7 Å². The summed E-state index contributed by atoms with van der Waals surface area (Å²) in [5.41, 5.74) is 2.12. The highest BCUT2D eigenvalue weighted by molar-refractivity contribution is 7.92. The van der Waals surface area contributed by atoms with Gasteiger partial charge in [0.15, 0.2) is 5.84 Å². The molecule has 10 nitrogen and oxygen atoms in total. The van der Waals surface area contributed by atoms with Gasteiger partial charge in [-0.05, 0) is 67.3 Å². The van der Waals surface area contributed by atoms with Crippen LogP contribution >= 0.6 is 0 Å². The fraction of sp³-hybridized carbons (Fsp3) is 0.385. The minimum atomic E-state index is -4.31. The van der Waals surface area contributed by atoms with Crippen molar-refractivity contribution in [3.63, 3.8) is 0 Å². The van der Waals surface area contributed by atoms with E-state index >= 15 is 0 Å². The van der Waals surface area contributed by atoms with Crippen molar-refractivity contribution in [1.29, 1.82) is 0 Å². The van der Waals surface area contributed by atoms with Gasteiger partial charge in [0.2, 0.25) is 10.0 Å². The number of carbonyl (C=O) groups excluding carboxylic acids is 1. The SMILES string of the molecule is Cc1ccccc1CN1C(=O)C(C2=NS(=O)(=O)c3cc(NS(C)(=O)=O)ccc3N2)=C(O)[C@@H]2[C@@H]3CC[C@H](C3)[C@@H]21. The van der Waals surface area contributed by atoms with E-state index in [1.165, 1.54) is 18.2 Å². The van der Waals surface area contributed by atoms with E-state index in [-0.39, 0.29) is 57.2 Å². The summed E-state index contributed by atoms with van der Waals surface area (Å²) in [5.74, 6) is -0.563. The molecule has 4 atom stereocenters. The third-order valence-corrected chi connectivity index (χ3v) is 10.1. The number of carbonyl (C=O) groups is 1. The van der Waals surface area contributed by atoms with Crippen LogP contribution in [0, 0.1) is 24.7 Å². The maximum absolute atomic E-state index is 14.0. The second-order valence-electron chi connectivity index (χ2n) is 10.6. The van der Waals surface area contributed by atoms with Crippen LogP contribution in [0.25, 0.3) is 0 Å². The molecular weight excluding hydrogens is 528 g/mol. The summed E-state index contributed by atoms with van der Waals surface area (Å²) in [6.07, 6.45) is 3.83. The monoisotopic (exact) mass is 556 g/mol. The van der Waals surface area contributed by atoms with Gasteiger partial charge in [-0.3, -0.25) is 9.52 Å². The summed E-state index contributed by atoms with van der Waals surface area (Å²) in [6.45, 7) is 2.34. The van der Waals surface area contributed by atoms with E-state index in [0.717, 1.165) is 36.6 Å². The van der Waals surface area contributed by atoms with Crippen molar-refractivity contribution in [3.05, 3.63) is 64.9 Å². The largest absolute Gasteiger partial charge is 0.511 e.